The molecule has 3 rings (SSSR count). The van der Waals surface area contributed by atoms with E-state index in [1.165, 1.54) is 89.0 Å². The molecule has 3 aromatic carbocycles. The summed E-state index contributed by atoms with van der Waals surface area (Å²) >= 11 is 0. The highest BCUT2D eigenvalue weighted by molar-refractivity contribution is 5.91. The van der Waals surface area contributed by atoms with Gasteiger partial charge in [0.1, 0.15) is 5.75 Å². The van der Waals surface area contributed by atoms with Crippen molar-refractivity contribution in [1.82, 2.24) is 0 Å². The monoisotopic (exact) mass is 598 g/mol. The van der Waals surface area contributed by atoms with Gasteiger partial charge < -0.3 is 9.47 Å². The Hall–Kier alpha value is -2.91. The predicted octanol–water partition coefficient (Wildman–Crippen LogP) is 12.5. The maximum Gasteiger partial charge on any atom is 0.343 e. The van der Waals surface area contributed by atoms with Gasteiger partial charge in [0, 0.05) is 6.61 Å². The minimum atomic E-state index is -0.319. The third kappa shape index (κ3) is 13.4. The molecule has 0 aliphatic heterocycles. The van der Waals surface area contributed by atoms with Crippen molar-refractivity contribution in [1.29, 1.82) is 0 Å². The minimum absolute atomic E-state index is 0.0865. The van der Waals surface area contributed by atoms with Gasteiger partial charge >= 0.3 is 5.97 Å². The lowest BCUT2D eigenvalue weighted by atomic mass is 10.0. The quantitative estimate of drug-likeness (QED) is 0.0619. The summed E-state index contributed by atoms with van der Waals surface area (Å²) in [5.41, 5.74) is 5.03. The minimum Gasteiger partial charge on any atom is -0.423 e. The standard InChI is InChI=1S/C41H58O3/c1-4-6-8-9-10-11-12-13-14-15-16-17-18-21-33-43-34(3)35-25-27-36(28-26-35)37-29-31-39(32-30-37)41(42)44-40-24-20-19-23-38(40)22-7-5-2/h19-20,23-32,34H,4-18,21-22,33H2,1-3H3. The second-order valence-electron chi connectivity index (χ2n) is 12.4. The van der Waals surface area contributed by atoms with Crippen LogP contribution in [0.4, 0.5) is 0 Å². The molecule has 0 aliphatic rings. The average molecular weight is 599 g/mol. The van der Waals surface area contributed by atoms with Gasteiger partial charge in [0.2, 0.25) is 0 Å². The molecule has 0 heterocycles. The number of hydrogen-bond donors (Lipinski definition) is 0. The predicted molar refractivity (Wildman–Crippen MR) is 187 cm³/mol. The second kappa shape index (κ2) is 21.7. The largest absolute Gasteiger partial charge is 0.423 e. The van der Waals surface area contributed by atoms with Crippen molar-refractivity contribution in [3.05, 3.63) is 89.5 Å². The summed E-state index contributed by atoms with van der Waals surface area (Å²) in [4.78, 5) is 12.8. The van der Waals surface area contributed by atoms with E-state index in [0.717, 1.165) is 49.0 Å². The molecule has 3 nitrogen and oxygen atoms in total. The number of rotatable bonds is 23. The first kappa shape index (κ1) is 35.6. The molecule has 0 amide bonds. The van der Waals surface area contributed by atoms with Crippen LogP contribution in [0.25, 0.3) is 11.1 Å². The molecule has 0 bridgehead atoms. The van der Waals surface area contributed by atoms with Crippen LogP contribution in [0.2, 0.25) is 0 Å². The zero-order valence-corrected chi connectivity index (χ0v) is 28.0. The van der Waals surface area contributed by atoms with Crippen LogP contribution in [0.5, 0.6) is 5.75 Å². The summed E-state index contributed by atoms with van der Waals surface area (Å²) in [6.07, 6.45) is 22.4. The van der Waals surface area contributed by atoms with Crippen LogP contribution in [0.1, 0.15) is 151 Å². The molecule has 0 radical (unpaired) electrons. The summed E-state index contributed by atoms with van der Waals surface area (Å²) < 4.78 is 11.9. The van der Waals surface area contributed by atoms with E-state index in [1.54, 1.807) is 0 Å². The van der Waals surface area contributed by atoms with Gasteiger partial charge in [0.25, 0.3) is 0 Å². The van der Waals surface area contributed by atoms with Crippen molar-refractivity contribution in [3.63, 3.8) is 0 Å². The topological polar surface area (TPSA) is 35.5 Å². The first-order chi connectivity index (χ1) is 21.6. The number of carbonyl (C=O) groups excluding carboxylic acids is 1. The first-order valence-corrected chi connectivity index (χ1v) is 17.7. The van der Waals surface area contributed by atoms with Gasteiger partial charge in [-0.2, -0.15) is 0 Å². The van der Waals surface area contributed by atoms with Gasteiger partial charge in [-0.05, 0) is 66.6 Å². The maximum absolute atomic E-state index is 12.8. The Balaban J connectivity index is 1.30. The van der Waals surface area contributed by atoms with Crippen molar-refractivity contribution in [2.75, 3.05) is 6.61 Å². The fourth-order valence-electron chi connectivity index (χ4n) is 5.73. The number of para-hydroxylation sites is 1. The molecule has 0 saturated heterocycles. The van der Waals surface area contributed by atoms with E-state index in [-0.39, 0.29) is 12.1 Å². The van der Waals surface area contributed by atoms with Gasteiger partial charge in [-0.15, -0.1) is 0 Å². The van der Waals surface area contributed by atoms with Crippen molar-refractivity contribution in [2.45, 2.75) is 136 Å². The summed E-state index contributed by atoms with van der Waals surface area (Å²) in [6.45, 7) is 7.41. The first-order valence-electron chi connectivity index (χ1n) is 17.7. The van der Waals surface area contributed by atoms with Crippen LogP contribution in [0, 0.1) is 0 Å². The number of benzene rings is 3. The molecule has 3 heteroatoms. The van der Waals surface area contributed by atoms with Crippen molar-refractivity contribution >= 4 is 5.97 Å². The molecule has 0 fully saturated rings. The Bertz CT molecular complexity index is 1170. The summed E-state index contributed by atoms with van der Waals surface area (Å²) in [5.74, 6) is 0.340. The lowest BCUT2D eigenvalue weighted by molar-refractivity contribution is 0.0627. The molecule has 0 spiro atoms. The lowest BCUT2D eigenvalue weighted by Gasteiger charge is -2.14. The van der Waals surface area contributed by atoms with E-state index in [0.29, 0.717) is 11.3 Å². The highest BCUT2D eigenvalue weighted by atomic mass is 16.5. The Labute approximate surface area is 268 Å². The smallest absolute Gasteiger partial charge is 0.343 e. The fourth-order valence-corrected chi connectivity index (χ4v) is 5.73. The Morgan fingerprint density at radius 1 is 0.591 bits per heavy atom. The summed E-state index contributed by atoms with van der Waals surface area (Å²) in [6, 6.07) is 24.1. The lowest BCUT2D eigenvalue weighted by Crippen LogP contribution is -2.09. The van der Waals surface area contributed by atoms with Crippen molar-refractivity contribution in [2.24, 2.45) is 0 Å². The Morgan fingerprint density at radius 2 is 1.09 bits per heavy atom. The number of hydrogen-bond acceptors (Lipinski definition) is 3. The number of aryl methyl sites for hydroxylation is 1. The van der Waals surface area contributed by atoms with Gasteiger partial charge in [0.15, 0.2) is 0 Å². The van der Waals surface area contributed by atoms with Crippen LogP contribution >= 0.6 is 0 Å². The molecule has 1 atom stereocenters. The van der Waals surface area contributed by atoms with Crippen molar-refractivity contribution < 1.29 is 14.3 Å². The van der Waals surface area contributed by atoms with Gasteiger partial charge in [0.05, 0.1) is 11.7 Å². The molecule has 0 N–H and O–H groups in total. The number of ether oxygens (including phenoxy) is 2. The number of esters is 1. The Kier molecular flexibility index (Phi) is 17.6. The van der Waals surface area contributed by atoms with Crippen LogP contribution in [0.15, 0.2) is 72.8 Å². The summed E-state index contributed by atoms with van der Waals surface area (Å²) in [7, 11) is 0. The highest BCUT2D eigenvalue weighted by Gasteiger charge is 2.12. The van der Waals surface area contributed by atoms with Gasteiger partial charge in [-0.1, -0.05) is 158 Å². The molecule has 44 heavy (non-hydrogen) atoms. The molecular formula is C41H58O3. The zero-order chi connectivity index (χ0) is 31.2. The molecular weight excluding hydrogens is 540 g/mol. The van der Waals surface area contributed by atoms with Crippen LogP contribution in [-0.4, -0.2) is 12.6 Å². The van der Waals surface area contributed by atoms with Crippen molar-refractivity contribution in [3.8, 4) is 16.9 Å². The normalized spacial score (nSPS) is 11.9. The molecule has 3 aromatic rings. The van der Waals surface area contributed by atoms with E-state index >= 15 is 0 Å². The number of unbranched alkanes of at least 4 members (excludes halogenated alkanes) is 14. The van der Waals surface area contributed by atoms with Crippen LogP contribution < -0.4 is 4.74 Å². The molecule has 0 aromatic heterocycles. The number of carbonyl (C=O) groups is 1. The van der Waals surface area contributed by atoms with E-state index in [9.17, 15) is 4.79 Å². The molecule has 1 unspecified atom stereocenters. The zero-order valence-electron chi connectivity index (χ0n) is 28.0. The molecule has 240 valence electrons. The molecule has 0 aliphatic carbocycles. The van der Waals surface area contributed by atoms with Crippen LogP contribution in [-0.2, 0) is 11.2 Å². The van der Waals surface area contributed by atoms with Gasteiger partial charge in [-0.3, -0.25) is 0 Å². The second-order valence-corrected chi connectivity index (χ2v) is 12.4. The fraction of sp³-hybridized carbons (Fsp3) is 0.537. The van der Waals surface area contributed by atoms with Crippen LogP contribution in [0.3, 0.4) is 0 Å². The summed E-state index contributed by atoms with van der Waals surface area (Å²) in [5, 5.41) is 0. The average Bonchev–Trinajstić information content (AvgIpc) is 3.06. The van der Waals surface area contributed by atoms with E-state index < -0.39 is 0 Å². The maximum atomic E-state index is 12.8. The van der Waals surface area contributed by atoms with E-state index in [1.807, 2.05) is 48.5 Å². The van der Waals surface area contributed by atoms with E-state index in [2.05, 4.69) is 45.0 Å². The Morgan fingerprint density at radius 3 is 1.66 bits per heavy atom. The van der Waals surface area contributed by atoms with E-state index in [4.69, 9.17) is 9.47 Å². The highest BCUT2D eigenvalue weighted by Crippen LogP contribution is 2.26. The third-order valence-electron chi connectivity index (χ3n) is 8.67. The third-order valence-corrected chi connectivity index (χ3v) is 8.67. The van der Waals surface area contributed by atoms with Gasteiger partial charge in [-0.25, -0.2) is 4.79 Å². The molecule has 0 saturated carbocycles. The SMILES string of the molecule is CCCCCCCCCCCCCCCCOC(C)c1ccc(-c2ccc(C(=O)Oc3ccccc3CCCC)cc2)cc1.